The van der Waals surface area contributed by atoms with E-state index in [0.29, 0.717) is 29.8 Å². The number of carbonyl (C=O) groups is 1. The molecule has 0 bridgehead atoms. The third-order valence-electron chi connectivity index (χ3n) is 2.98. The zero-order valence-corrected chi connectivity index (χ0v) is 10.7. The molecule has 4 nitrogen and oxygen atoms in total. The molecule has 0 fully saturated rings. The number of rotatable bonds is 6. The Hall–Kier alpha value is -2.18. The number of halogens is 2. The molecule has 0 spiro atoms. The van der Waals surface area contributed by atoms with Crippen LogP contribution in [0.25, 0.3) is 5.57 Å². The summed E-state index contributed by atoms with van der Waals surface area (Å²) in [5.41, 5.74) is 1.63. The molecule has 1 aliphatic heterocycles. The van der Waals surface area contributed by atoms with Gasteiger partial charge in [0.25, 0.3) is 0 Å². The highest BCUT2D eigenvalue weighted by Crippen LogP contribution is 2.28. The van der Waals surface area contributed by atoms with Gasteiger partial charge in [-0.1, -0.05) is 0 Å². The molecule has 0 amide bonds. The number of carboxylic acids is 1. The second-order valence-corrected chi connectivity index (χ2v) is 4.33. The number of aromatic nitrogens is 1. The number of aliphatic carboxylic acids is 1. The first-order valence-electron chi connectivity index (χ1n) is 6.20. The van der Waals surface area contributed by atoms with Gasteiger partial charge < -0.3 is 9.58 Å². The maximum Gasteiger partial charge on any atom is 0.677 e. The van der Waals surface area contributed by atoms with Gasteiger partial charge in [-0.25, -0.2) is 0 Å². The van der Waals surface area contributed by atoms with Crippen molar-refractivity contribution in [3.8, 4) is 0 Å². The van der Waals surface area contributed by atoms with Gasteiger partial charge in [0.2, 0.25) is 0 Å². The van der Waals surface area contributed by atoms with Crippen LogP contribution in [-0.4, -0.2) is 29.2 Å². The second-order valence-electron chi connectivity index (χ2n) is 4.33. The Morgan fingerprint density at radius 3 is 2.80 bits per heavy atom. The first-order valence-corrected chi connectivity index (χ1v) is 6.20. The Labute approximate surface area is 115 Å². The molecule has 0 aliphatic carbocycles. The summed E-state index contributed by atoms with van der Waals surface area (Å²) in [6, 6.07) is 3.14. The quantitative estimate of drug-likeness (QED) is 0.813. The van der Waals surface area contributed by atoms with E-state index in [-0.39, 0.29) is 6.42 Å². The van der Waals surface area contributed by atoms with Crippen molar-refractivity contribution in [2.75, 3.05) is 0 Å². The summed E-state index contributed by atoms with van der Waals surface area (Å²) in [6.07, 6.45) is 7.12. The third-order valence-corrected chi connectivity index (χ3v) is 2.98. The molecule has 7 heteroatoms. The summed E-state index contributed by atoms with van der Waals surface area (Å²) in [4.78, 5) is 14.7. The molecule has 0 saturated carbocycles. The van der Waals surface area contributed by atoms with Crippen LogP contribution < -0.4 is 0 Å². The minimum absolute atomic E-state index is 0.000401. The van der Waals surface area contributed by atoms with Gasteiger partial charge >= 0.3 is 13.4 Å². The van der Waals surface area contributed by atoms with E-state index in [2.05, 4.69) is 4.99 Å². The topological polar surface area (TPSA) is 54.6 Å². The fraction of sp³-hybridized carbons (Fsp3) is 0.231. The maximum absolute atomic E-state index is 12.9. The average molecular weight is 278 g/mol. The van der Waals surface area contributed by atoms with Gasteiger partial charge in [0.1, 0.15) is 0 Å². The number of hydrogen-bond donors (Lipinski definition) is 1. The summed E-state index contributed by atoms with van der Waals surface area (Å²) in [6.45, 7) is 0. The normalized spacial score (nSPS) is 15.7. The predicted octanol–water partition coefficient (Wildman–Crippen LogP) is 2.87. The summed E-state index contributed by atoms with van der Waals surface area (Å²) >= 11 is 0. The molecule has 1 aromatic heterocycles. The summed E-state index contributed by atoms with van der Waals surface area (Å²) < 4.78 is 26.8. The van der Waals surface area contributed by atoms with Crippen molar-refractivity contribution in [1.29, 1.82) is 0 Å². The van der Waals surface area contributed by atoms with E-state index >= 15 is 0 Å². The van der Waals surface area contributed by atoms with Crippen LogP contribution in [0.1, 0.15) is 25.0 Å². The highest BCUT2D eigenvalue weighted by atomic mass is 19.2. The highest BCUT2D eigenvalue weighted by Gasteiger charge is 2.22. The van der Waals surface area contributed by atoms with Gasteiger partial charge in [-0.15, -0.1) is 0 Å². The lowest BCUT2D eigenvalue weighted by atomic mass is 10.0. The number of allylic oxidation sites excluding steroid dienone is 3. The van der Waals surface area contributed by atoms with E-state index in [4.69, 9.17) is 5.11 Å². The van der Waals surface area contributed by atoms with Crippen molar-refractivity contribution in [3.05, 3.63) is 41.9 Å². The predicted molar refractivity (Wildman–Crippen MR) is 73.8 cm³/mol. The van der Waals surface area contributed by atoms with Crippen molar-refractivity contribution >= 4 is 25.2 Å². The lowest BCUT2D eigenvalue weighted by molar-refractivity contribution is -0.137. The Morgan fingerprint density at radius 2 is 2.20 bits per heavy atom. The second kappa shape index (κ2) is 6.32. The van der Waals surface area contributed by atoms with Crippen molar-refractivity contribution in [2.24, 2.45) is 4.99 Å². The van der Waals surface area contributed by atoms with Gasteiger partial charge in [0.15, 0.2) is 0 Å². The number of hydrogen-bond acceptors (Lipinski definition) is 2. The van der Waals surface area contributed by atoms with E-state index < -0.39 is 13.4 Å². The monoisotopic (exact) mass is 278 g/mol. The Balaban J connectivity index is 2.30. The molecule has 2 rings (SSSR count). The lowest BCUT2D eigenvalue weighted by Gasteiger charge is -2.11. The number of nitrogens with zero attached hydrogens (tertiary/aromatic N) is 2. The Morgan fingerprint density at radius 1 is 1.40 bits per heavy atom. The van der Waals surface area contributed by atoms with Crippen LogP contribution >= 0.6 is 0 Å². The minimum atomic E-state index is -2.63. The Bertz CT molecular complexity index is 577. The zero-order valence-electron chi connectivity index (χ0n) is 10.7. The third kappa shape index (κ3) is 3.23. The van der Waals surface area contributed by atoms with Crippen LogP contribution in [0.4, 0.5) is 8.63 Å². The largest absolute Gasteiger partial charge is 0.677 e. The van der Waals surface area contributed by atoms with E-state index in [1.165, 1.54) is 6.20 Å². The fourth-order valence-electron chi connectivity index (χ4n) is 2.10. The molecule has 0 radical (unpaired) electrons. The van der Waals surface area contributed by atoms with Crippen LogP contribution in [0.5, 0.6) is 0 Å². The molecule has 0 aromatic carbocycles. The summed E-state index contributed by atoms with van der Waals surface area (Å²) in [5.74, 6) is -0.899. The van der Waals surface area contributed by atoms with Crippen LogP contribution in [0.15, 0.2) is 41.2 Å². The van der Waals surface area contributed by atoms with Crippen molar-refractivity contribution in [2.45, 2.75) is 19.3 Å². The van der Waals surface area contributed by atoms with Crippen LogP contribution in [0.3, 0.4) is 0 Å². The van der Waals surface area contributed by atoms with Gasteiger partial charge in [0.05, 0.1) is 5.70 Å². The van der Waals surface area contributed by atoms with Gasteiger partial charge in [-0.3, -0.25) is 18.4 Å². The number of carboxylic acid groups (broad SMARTS) is 1. The van der Waals surface area contributed by atoms with E-state index in [1.54, 1.807) is 30.5 Å². The molecule has 1 aliphatic rings. The first-order chi connectivity index (χ1) is 9.59. The summed E-state index contributed by atoms with van der Waals surface area (Å²) in [7, 11) is -2.63. The van der Waals surface area contributed by atoms with Crippen LogP contribution in [0, 0.1) is 0 Å². The molecular formula is C13H13BF2N2O2. The molecule has 0 unspecified atom stereocenters. The average Bonchev–Trinajstić information content (AvgIpc) is 3.05. The van der Waals surface area contributed by atoms with Crippen LogP contribution in [0.2, 0.25) is 0 Å². The molecule has 20 heavy (non-hydrogen) atoms. The molecular weight excluding hydrogens is 265 g/mol. The zero-order chi connectivity index (χ0) is 14.5. The van der Waals surface area contributed by atoms with Gasteiger partial charge in [0, 0.05) is 23.9 Å². The SMILES string of the molecule is O=C(O)CCC/C(=C1\C=CC=N1)c1cccn1B(F)F. The van der Waals surface area contributed by atoms with Crippen molar-refractivity contribution < 1.29 is 18.5 Å². The van der Waals surface area contributed by atoms with Crippen molar-refractivity contribution in [3.63, 3.8) is 0 Å². The smallest absolute Gasteiger partial charge is 0.481 e. The van der Waals surface area contributed by atoms with Crippen molar-refractivity contribution in [1.82, 2.24) is 4.48 Å². The standard InChI is InChI=1S/C13H13BF2N2O2/c15-14(16)18-9-3-6-12(18)10(4-1-7-13(19)20)11-5-2-8-17-11/h2-3,5-6,8-9H,1,4,7H2,(H,19,20)/b11-10-. The highest BCUT2D eigenvalue weighted by molar-refractivity contribution is 6.41. The first kappa shape index (κ1) is 14.2. The molecule has 1 aromatic rings. The molecule has 2 heterocycles. The molecule has 0 saturated heterocycles. The molecule has 104 valence electrons. The minimum Gasteiger partial charge on any atom is -0.481 e. The fourth-order valence-corrected chi connectivity index (χ4v) is 2.10. The van der Waals surface area contributed by atoms with E-state index in [9.17, 15) is 13.4 Å². The summed E-state index contributed by atoms with van der Waals surface area (Å²) in [5, 5.41) is 8.68. The lowest BCUT2D eigenvalue weighted by Crippen LogP contribution is -2.15. The Kier molecular flexibility index (Phi) is 4.50. The molecule has 1 N–H and O–H groups in total. The number of aliphatic imine (C=N–C) groups is 1. The van der Waals surface area contributed by atoms with E-state index in [1.807, 2.05) is 0 Å². The van der Waals surface area contributed by atoms with E-state index in [0.717, 1.165) is 4.48 Å². The van der Waals surface area contributed by atoms with Gasteiger partial charge in [-0.05, 0) is 43.3 Å². The molecule has 0 atom stereocenters. The van der Waals surface area contributed by atoms with Gasteiger partial charge in [-0.2, -0.15) is 0 Å². The van der Waals surface area contributed by atoms with Crippen LogP contribution in [-0.2, 0) is 4.79 Å². The maximum atomic E-state index is 12.9.